The van der Waals surface area contributed by atoms with Crippen molar-refractivity contribution in [2.45, 2.75) is 5.22 Å². The first-order valence-corrected chi connectivity index (χ1v) is 9.17. The van der Waals surface area contributed by atoms with E-state index in [2.05, 4.69) is 15.5 Å². The van der Waals surface area contributed by atoms with Gasteiger partial charge in [0.2, 0.25) is 11.8 Å². The molecule has 0 unspecified atom stereocenters. The van der Waals surface area contributed by atoms with E-state index in [0.717, 1.165) is 17.3 Å². The molecule has 3 rings (SSSR count). The average Bonchev–Trinajstić information content (AvgIpc) is 3.17. The number of halogens is 1. The minimum absolute atomic E-state index is 0.00528. The third-order valence-electron chi connectivity index (χ3n) is 3.50. The van der Waals surface area contributed by atoms with Gasteiger partial charge in [0.1, 0.15) is 10.8 Å². The Kier molecular flexibility index (Phi) is 6.12. The van der Waals surface area contributed by atoms with Crippen LogP contribution < -0.4 is 10.1 Å². The number of anilines is 1. The molecule has 1 heterocycles. The molecule has 0 saturated carbocycles. The third-order valence-corrected chi connectivity index (χ3v) is 4.63. The van der Waals surface area contributed by atoms with Crippen molar-refractivity contribution in [1.29, 1.82) is 0 Å². The number of nitrogens with one attached hydrogen (secondary N) is 1. The maximum absolute atomic E-state index is 12.1. The summed E-state index contributed by atoms with van der Waals surface area (Å²) in [5.41, 5.74) is 0.706. The van der Waals surface area contributed by atoms with E-state index in [1.54, 1.807) is 31.4 Å². The van der Waals surface area contributed by atoms with Crippen LogP contribution in [0.25, 0.3) is 11.5 Å². The molecule has 1 N–H and O–H groups in total. The number of rotatable bonds is 7. The molecule has 0 spiro atoms. The van der Waals surface area contributed by atoms with Crippen LogP contribution in [0.1, 0.15) is 0 Å². The van der Waals surface area contributed by atoms with Gasteiger partial charge in [0.05, 0.1) is 17.8 Å². The van der Waals surface area contributed by atoms with Gasteiger partial charge < -0.3 is 14.5 Å². The Morgan fingerprint density at radius 1 is 1.29 bits per heavy atom. The Morgan fingerprint density at radius 3 is 2.71 bits per heavy atom. The van der Waals surface area contributed by atoms with E-state index < -0.39 is 4.92 Å². The molecule has 11 heteroatoms. The summed E-state index contributed by atoms with van der Waals surface area (Å²) in [6.45, 7) is 0. The van der Waals surface area contributed by atoms with Crippen molar-refractivity contribution in [3.63, 3.8) is 0 Å². The van der Waals surface area contributed by atoms with Crippen LogP contribution >= 0.6 is 23.4 Å². The maximum Gasteiger partial charge on any atom is 0.289 e. The molecule has 3 aromatic rings. The fourth-order valence-electron chi connectivity index (χ4n) is 2.17. The second-order valence-corrected chi connectivity index (χ2v) is 6.70. The van der Waals surface area contributed by atoms with Crippen LogP contribution in [0.5, 0.6) is 5.75 Å². The monoisotopic (exact) mass is 420 g/mol. The number of benzene rings is 2. The molecule has 1 amide bonds. The highest BCUT2D eigenvalue weighted by molar-refractivity contribution is 7.99. The largest absolute Gasteiger partial charge is 0.497 e. The SMILES string of the molecule is COc1ccc(-c2nnc(SCC(=O)Nc3ccc(Cl)c([N+](=O)[O-])c3)o2)cc1. The number of nitro groups is 1. The Morgan fingerprint density at radius 2 is 2.04 bits per heavy atom. The summed E-state index contributed by atoms with van der Waals surface area (Å²) in [4.78, 5) is 22.3. The van der Waals surface area contributed by atoms with Crippen LogP contribution in [0.15, 0.2) is 52.1 Å². The van der Waals surface area contributed by atoms with Gasteiger partial charge in [0, 0.05) is 17.3 Å². The van der Waals surface area contributed by atoms with Gasteiger partial charge in [0.15, 0.2) is 0 Å². The van der Waals surface area contributed by atoms with Gasteiger partial charge in [0.25, 0.3) is 10.9 Å². The Bertz CT molecular complexity index is 1010. The van der Waals surface area contributed by atoms with Crippen LogP contribution in [0.3, 0.4) is 0 Å². The summed E-state index contributed by atoms with van der Waals surface area (Å²) in [6.07, 6.45) is 0. The summed E-state index contributed by atoms with van der Waals surface area (Å²) in [5.74, 6) is 0.627. The zero-order valence-corrected chi connectivity index (χ0v) is 16.0. The van der Waals surface area contributed by atoms with Crippen molar-refractivity contribution in [3.8, 4) is 17.2 Å². The number of hydrogen-bond donors (Lipinski definition) is 1. The topological polar surface area (TPSA) is 120 Å². The van der Waals surface area contributed by atoms with Crippen LogP contribution in [-0.4, -0.2) is 33.9 Å². The van der Waals surface area contributed by atoms with Gasteiger partial charge in [-0.15, -0.1) is 10.2 Å². The lowest BCUT2D eigenvalue weighted by Gasteiger charge is -2.04. The molecular weight excluding hydrogens is 408 g/mol. The van der Waals surface area contributed by atoms with E-state index >= 15 is 0 Å². The fraction of sp³-hybridized carbons (Fsp3) is 0.118. The van der Waals surface area contributed by atoms with Crippen molar-refractivity contribution in [1.82, 2.24) is 10.2 Å². The fourth-order valence-corrected chi connectivity index (χ4v) is 2.92. The Balaban J connectivity index is 1.58. The van der Waals surface area contributed by atoms with Gasteiger partial charge in [-0.1, -0.05) is 23.4 Å². The van der Waals surface area contributed by atoms with Gasteiger partial charge in [-0.2, -0.15) is 0 Å². The molecule has 144 valence electrons. The molecule has 2 aromatic carbocycles. The Hall–Kier alpha value is -3.11. The summed E-state index contributed by atoms with van der Waals surface area (Å²) >= 11 is 6.79. The molecule has 28 heavy (non-hydrogen) atoms. The number of hydrogen-bond acceptors (Lipinski definition) is 8. The molecule has 0 aliphatic rings. The molecule has 0 aliphatic carbocycles. The van der Waals surface area contributed by atoms with Gasteiger partial charge in [-0.05, 0) is 36.4 Å². The van der Waals surface area contributed by atoms with Crippen molar-refractivity contribution < 1.29 is 18.9 Å². The quantitative estimate of drug-likeness (QED) is 0.345. The van der Waals surface area contributed by atoms with Crippen molar-refractivity contribution in [3.05, 3.63) is 57.6 Å². The number of amides is 1. The van der Waals surface area contributed by atoms with Crippen LogP contribution in [0.2, 0.25) is 5.02 Å². The normalized spacial score (nSPS) is 10.5. The van der Waals surface area contributed by atoms with Gasteiger partial charge in [-0.25, -0.2) is 0 Å². The number of methoxy groups -OCH3 is 1. The van der Waals surface area contributed by atoms with Gasteiger partial charge >= 0.3 is 0 Å². The number of ether oxygens (including phenoxy) is 1. The highest BCUT2D eigenvalue weighted by Gasteiger charge is 2.15. The van der Waals surface area contributed by atoms with E-state index in [1.807, 2.05) is 0 Å². The first-order valence-electron chi connectivity index (χ1n) is 7.81. The summed E-state index contributed by atoms with van der Waals surface area (Å²) < 4.78 is 10.6. The van der Waals surface area contributed by atoms with E-state index in [9.17, 15) is 14.9 Å². The molecule has 0 saturated heterocycles. The van der Waals surface area contributed by atoms with Crippen LogP contribution in [0, 0.1) is 10.1 Å². The van der Waals surface area contributed by atoms with Crippen molar-refractivity contribution in [2.75, 3.05) is 18.2 Å². The number of thioether (sulfide) groups is 1. The second kappa shape index (κ2) is 8.72. The standard InChI is InChI=1S/C17H13ClN4O5S/c1-26-12-5-2-10(3-6-12)16-20-21-17(27-16)28-9-15(23)19-11-4-7-13(18)14(8-11)22(24)25/h2-8H,9H2,1H3,(H,19,23). The van der Waals surface area contributed by atoms with E-state index in [4.69, 9.17) is 20.8 Å². The predicted octanol–water partition coefficient (Wildman–Crippen LogP) is 4.04. The summed E-state index contributed by atoms with van der Waals surface area (Å²) in [7, 11) is 1.57. The number of aromatic nitrogens is 2. The van der Waals surface area contributed by atoms with Crippen molar-refractivity contribution >= 4 is 40.6 Å². The molecule has 0 aliphatic heterocycles. The van der Waals surface area contributed by atoms with E-state index in [1.165, 1.54) is 18.2 Å². The lowest BCUT2D eigenvalue weighted by molar-refractivity contribution is -0.384. The summed E-state index contributed by atoms with van der Waals surface area (Å²) in [5, 5.41) is 21.5. The zero-order chi connectivity index (χ0) is 20.1. The third kappa shape index (κ3) is 4.78. The van der Waals surface area contributed by atoms with E-state index in [0.29, 0.717) is 11.6 Å². The summed E-state index contributed by atoms with van der Waals surface area (Å²) in [6, 6.07) is 11.1. The van der Waals surface area contributed by atoms with Crippen molar-refractivity contribution in [2.24, 2.45) is 0 Å². The van der Waals surface area contributed by atoms with E-state index in [-0.39, 0.29) is 33.3 Å². The Labute approximate surface area is 168 Å². The number of carbonyl (C=O) groups is 1. The second-order valence-electron chi connectivity index (χ2n) is 5.36. The molecule has 9 nitrogen and oxygen atoms in total. The molecule has 0 bridgehead atoms. The highest BCUT2D eigenvalue weighted by atomic mass is 35.5. The molecule has 1 aromatic heterocycles. The highest BCUT2D eigenvalue weighted by Crippen LogP contribution is 2.28. The first-order chi connectivity index (χ1) is 13.5. The number of nitro benzene ring substituents is 1. The number of carbonyl (C=O) groups excluding carboxylic acids is 1. The minimum Gasteiger partial charge on any atom is -0.497 e. The smallest absolute Gasteiger partial charge is 0.289 e. The average molecular weight is 421 g/mol. The lowest BCUT2D eigenvalue weighted by Crippen LogP contribution is -2.14. The minimum atomic E-state index is -0.619. The van der Waals surface area contributed by atoms with Gasteiger partial charge in [-0.3, -0.25) is 14.9 Å². The van der Waals surface area contributed by atoms with Crippen LogP contribution in [-0.2, 0) is 4.79 Å². The zero-order valence-electron chi connectivity index (χ0n) is 14.4. The maximum atomic E-state index is 12.1. The lowest BCUT2D eigenvalue weighted by atomic mass is 10.2. The molecule has 0 atom stereocenters. The predicted molar refractivity (Wildman–Crippen MR) is 104 cm³/mol. The first kappa shape index (κ1) is 19.6. The van der Waals surface area contributed by atoms with Crippen LogP contribution in [0.4, 0.5) is 11.4 Å². The molecular formula is C17H13ClN4O5S. The number of nitrogens with zero attached hydrogens (tertiary/aromatic N) is 3. The molecule has 0 fully saturated rings. The molecule has 0 radical (unpaired) electrons.